The Hall–Kier alpha value is -3.34. The Bertz CT molecular complexity index is 2240. The maximum atomic E-state index is 13.4. The summed E-state index contributed by atoms with van der Waals surface area (Å²) in [5, 5.41) is 24.0. The van der Waals surface area contributed by atoms with E-state index in [9.17, 15) is 36.2 Å². The number of nitrogens with zero attached hydrogens (tertiary/aromatic N) is 3. The van der Waals surface area contributed by atoms with Gasteiger partial charge in [-0.05, 0) is 101 Å². The van der Waals surface area contributed by atoms with Gasteiger partial charge < -0.3 is 20.3 Å². The van der Waals surface area contributed by atoms with Crippen LogP contribution in [0.4, 0.5) is 5.69 Å². The minimum absolute atomic E-state index is 0.0531. The van der Waals surface area contributed by atoms with Crippen LogP contribution in [0.2, 0.25) is 0 Å². The number of anilines is 1. The summed E-state index contributed by atoms with van der Waals surface area (Å²) >= 11 is 0. The molecule has 3 aliphatic heterocycles. The van der Waals surface area contributed by atoms with Gasteiger partial charge in [-0.1, -0.05) is 20.3 Å². The molecule has 3 aromatic rings. The van der Waals surface area contributed by atoms with Crippen molar-refractivity contribution in [2.24, 2.45) is 12.0 Å². The molecule has 0 saturated heterocycles. The summed E-state index contributed by atoms with van der Waals surface area (Å²) in [5.41, 5.74) is 0.984. The van der Waals surface area contributed by atoms with Crippen LogP contribution in [0.15, 0.2) is 39.3 Å². The topological polar surface area (TPSA) is 194 Å². The van der Waals surface area contributed by atoms with Gasteiger partial charge in [0.2, 0.25) is 0 Å². The predicted octanol–water partition coefficient (Wildman–Crippen LogP) is 3.00. The van der Waals surface area contributed by atoms with Crippen molar-refractivity contribution in [2.45, 2.75) is 126 Å². The molecular formula is C35H46N4O9S2. The lowest BCUT2D eigenvalue weighted by molar-refractivity contribution is -0.673. The first-order valence-corrected chi connectivity index (χ1v) is 19.8. The number of imidazole rings is 1. The van der Waals surface area contributed by atoms with Gasteiger partial charge in [0, 0.05) is 16.3 Å². The van der Waals surface area contributed by atoms with E-state index in [1.165, 1.54) is 0 Å². The van der Waals surface area contributed by atoms with E-state index in [0.717, 1.165) is 0 Å². The normalized spacial score (nSPS) is 21.1. The van der Waals surface area contributed by atoms with E-state index in [-0.39, 0.29) is 40.8 Å². The van der Waals surface area contributed by atoms with E-state index in [4.69, 9.17) is 9.73 Å². The van der Waals surface area contributed by atoms with Gasteiger partial charge in [0.05, 0.1) is 35.7 Å². The molecule has 3 aliphatic rings. The Labute approximate surface area is 292 Å². The van der Waals surface area contributed by atoms with Gasteiger partial charge in [0.15, 0.2) is 21.3 Å². The number of unbranched alkanes of at least 4 members (excludes halogenated alkanes) is 2. The molecule has 0 amide bonds. The lowest BCUT2D eigenvalue weighted by Gasteiger charge is -2.39. The molecule has 4 heterocycles. The van der Waals surface area contributed by atoms with Crippen molar-refractivity contribution in [3.63, 3.8) is 0 Å². The third-order valence-corrected chi connectivity index (χ3v) is 11.8. The van der Waals surface area contributed by atoms with Crippen LogP contribution in [0.3, 0.4) is 0 Å². The van der Waals surface area contributed by atoms with Gasteiger partial charge in [-0.3, -0.25) is 14.1 Å². The summed E-state index contributed by atoms with van der Waals surface area (Å²) in [6.07, 6.45) is 5.32. The van der Waals surface area contributed by atoms with Crippen molar-refractivity contribution in [3.8, 4) is 11.5 Å². The molecule has 3 atom stereocenters. The highest BCUT2D eigenvalue weighted by Crippen LogP contribution is 2.51. The van der Waals surface area contributed by atoms with Gasteiger partial charge in [-0.25, -0.2) is 9.13 Å². The lowest BCUT2D eigenvalue weighted by atomic mass is 9.80. The van der Waals surface area contributed by atoms with Crippen LogP contribution in [-0.4, -0.2) is 53.0 Å². The quantitative estimate of drug-likeness (QED) is 0.0861. The fraction of sp³-hybridized carbons (Fsp3) is 0.543. The molecular weight excluding hydrogens is 685 g/mol. The molecule has 15 heteroatoms. The number of aliphatic hydroxyl groups is 1. The Morgan fingerprint density at radius 1 is 1.00 bits per heavy atom. The fourth-order valence-electron chi connectivity index (χ4n) is 8.14. The van der Waals surface area contributed by atoms with Gasteiger partial charge in [-0.2, -0.15) is 16.8 Å². The van der Waals surface area contributed by atoms with Gasteiger partial charge >= 0.3 is 0 Å². The van der Waals surface area contributed by atoms with Crippen LogP contribution < -0.4 is 30.3 Å². The smallest absolute Gasteiger partial charge is 0.300 e. The summed E-state index contributed by atoms with van der Waals surface area (Å²) < 4.78 is 85.6. The molecule has 0 aliphatic carbocycles. The monoisotopic (exact) mass is 730 g/mol. The summed E-state index contributed by atoms with van der Waals surface area (Å²) in [6, 6.07) is 3.67. The Morgan fingerprint density at radius 2 is 1.66 bits per heavy atom. The lowest BCUT2D eigenvalue weighted by Crippen LogP contribution is -2.40. The molecule has 0 saturated carbocycles. The minimum atomic E-state index is -5.01. The highest BCUT2D eigenvalue weighted by atomic mass is 32.2. The second-order valence-electron chi connectivity index (χ2n) is 15.4. The first-order chi connectivity index (χ1) is 23.1. The van der Waals surface area contributed by atoms with Crippen LogP contribution in [0.25, 0.3) is 5.57 Å². The van der Waals surface area contributed by atoms with Gasteiger partial charge in [-0.15, -0.1) is 0 Å². The highest BCUT2D eigenvalue weighted by Gasteiger charge is 2.43. The average Bonchev–Trinajstić information content (AvgIpc) is 3.30. The van der Waals surface area contributed by atoms with Crippen LogP contribution in [0, 0.1) is 0 Å². The predicted molar refractivity (Wildman–Crippen MR) is 183 cm³/mol. The molecule has 0 spiro atoms. The van der Waals surface area contributed by atoms with Crippen molar-refractivity contribution in [2.75, 3.05) is 5.32 Å². The molecule has 272 valence electrons. The molecule has 50 heavy (non-hydrogen) atoms. The second-order valence-corrected chi connectivity index (χ2v) is 18.1. The maximum absolute atomic E-state index is 13.4. The van der Waals surface area contributed by atoms with Gasteiger partial charge in [0.1, 0.15) is 12.4 Å². The number of aliphatic hydroxyl groups excluding tert-OH is 1. The zero-order chi connectivity index (χ0) is 36.7. The van der Waals surface area contributed by atoms with E-state index in [1.54, 1.807) is 0 Å². The Morgan fingerprint density at radius 3 is 2.30 bits per heavy atom. The maximum Gasteiger partial charge on any atom is 0.300 e. The highest BCUT2D eigenvalue weighted by molar-refractivity contribution is 7.86. The zero-order valence-electron chi connectivity index (χ0n) is 29.4. The molecule has 1 aromatic heterocycles. The van der Waals surface area contributed by atoms with Crippen LogP contribution in [-0.2, 0) is 33.8 Å². The van der Waals surface area contributed by atoms with E-state index in [2.05, 4.69) is 5.32 Å². The number of nitrogens with one attached hydrogen (secondary N) is 1. The third kappa shape index (κ3) is 6.59. The van der Waals surface area contributed by atoms with E-state index >= 15 is 0 Å². The summed E-state index contributed by atoms with van der Waals surface area (Å²) in [6.45, 7) is 12.0. The van der Waals surface area contributed by atoms with Crippen LogP contribution >= 0.6 is 0 Å². The third-order valence-electron chi connectivity index (χ3n) is 9.98. The van der Waals surface area contributed by atoms with E-state index in [1.807, 2.05) is 82.3 Å². The summed E-state index contributed by atoms with van der Waals surface area (Å²) in [5.74, 6) is -0.251. The van der Waals surface area contributed by atoms with E-state index < -0.39 is 47.4 Å². The standard InChI is InChI=1S/C35H46N4O9S2/c1-19-17-34(3,4)36-27-21(19)15-23-26(33-38(7)13-14-39(33)12-10-8-9-11-25(40)41)24-16-22-20(2)18-35(5,6)37-28(22)32(50(45,46)47)30(24)48-29(23)31(27)49(42,43)44/h13-16,19-20,25,36,40H,8-12,17-18H2,1-7H3,(H,42,43,44)(H,45,46,47). The number of fused-ring (bicyclic) bond motifs is 4. The van der Waals surface area contributed by atoms with Crippen LogP contribution in [0.1, 0.15) is 114 Å². The van der Waals surface area contributed by atoms with Crippen LogP contribution in [0.5, 0.6) is 11.5 Å². The number of aryl methyl sites for hydroxylation is 2. The largest absolute Gasteiger partial charge is 0.831 e. The van der Waals surface area contributed by atoms with Gasteiger partial charge in [0.25, 0.3) is 26.1 Å². The molecule has 4 N–H and O–H groups in total. The fourth-order valence-corrected chi connectivity index (χ4v) is 9.75. The molecule has 0 bridgehead atoms. The number of aromatic nitrogens is 2. The van der Waals surface area contributed by atoms with Crippen molar-refractivity contribution in [1.29, 1.82) is 0 Å². The number of benzene rings is 2. The molecule has 0 fully saturated rings. The minimum Gasteiger partial charge on any atom is -0.831 e. The van der Waals surface area contributed by atoms with E-state index in [0.29, 0.717) is 72.0 Å². The van der Waals surface area contributed by atoms with Crippen molar-refractivity contribution < 1.29 is 45.5 Å². The molecule has 0 radical (unpaired) electrons. The summed E-state index contributed by atoms with van der Waals surface area (Å²) in [4.78, 5) is 3.68. The van der Waals surface area contributed by atoms with Crippen molar-refractivity contribution >= 4 is 31.5 Å². The zero-order valence-corrected chi connectivity index (χ0v) is 31.1. The Kier molecular flexibility index (Phi) is 9.05. The number of hydrogen-bond acceptors (Lipinski definition) is 9. The second kappa shape index (κ2) is 12.4. The van der Waals surface area contributed by atoms with Crippen molar-refractivity contribution in [1.82, 2.24) is 4.57 Å². The Balaban J connectivity index is 1.77. The number of hydrogen-bond donors (Lipinski definition) is 4. The summed E-state index contributed by atoms with van der Waals surface area (Å²) in [7, 11) is -8.19. The average molecular weight is 731 g/mol. The molecule has 2 aromatic carbocycles. The SMILES string of the molecule is CC1CC(C)(C)Nc2c1cc1c(c2S(=O)(=O)O)Oc2c(S(=O)(=O)O)c3c(cc2=C1c1n(CCCCCC([O-])O)cc[n+]1C)C(C)CC(C)(C)N=3. The first-order valence-electron chi connectivity index (χ1n) is 16.9. The molecule has 6 rings (SSSR count). The molecule has 13 nitrogen and oxygen atoms in total. The van der Waals surface area contributed by atoms with Crippen molar-refractivity contribution in [3.05, 3.63) is 57.6 Å². The number of rotatable bonds is 9. The first kappa shape index (κ1) is 36.5. The number of ether oxygens (including phenoxy) is 1. The molecule has 3 unspecified atom stereocenters.